The van der Waals surface area contributed by atoms with Crippen LogP contribution < -0.4 is 4.90 Å². The van der Waals surface area contributed by atoms with Crippen molar-refractivity contribution in [1.82, 2.24) is 14.6 Å². The van der Waals surface area contributed by atoms with Crippen molar-refractivity contribution < 1.29 is 17.6 Å². The minimum Gasteiger partial charge on any atom is -0.356 e. The van der Waals surface area contributed by atoms with Gasteiger partial charge in [-0.15, -0.1) is 0 Å². The molecule has 19 heavy (non-hydrogen) atoms. The monoisotopic (exact) mass is 294 g/mol. The zero-order valence-electron chi connectivity index (χ0n) is 9.32. The van der Waals surface area contributed by atoms with Gasteiger partial charge in [-0.3, -0.25) is 0 Å². The first kappa shape index (κ1) is 12.5. The van der Waals surface area contributed by atoms with Crippen molar-refractivity contribution in [2.24, 2.45) is 0 Å². The van der Waals surface area contributed by atoms with Gasteiger partial charge < -0.3 is 4.90 Å². The van der Waals surface area contributed by atoms with Crippen LogP contribution in [0, 0.1) is 0 Å². The van der Waals surface area contributed by atoms with Crippen LogP contribution in [0.3, 0.4) is 0 Å². The molecule has 0 spiro atoms. The molecule has 2 aromatic rings. The summed E-state index contributed by atoms with van der Waals surface area (Å²) in [5, 5.41) is 3.87. The van der Waals surface area contributed by atoms with Crippen LogP contribution in [0.1, 0.15) is 0 Å². The van der Waals surface area contributed by atoms with Crippen LogP contribution in [-0.4, -0.2) is 39.5 Å². The van der Waals surface area contributed by atoms with Crippen molar-refractivity contribution in [2.75, 3.05) is 18.0 Å². The van der Waals surface area contributed by atoms with Gasteiger partial charge in [0.25, 0.3) is 0 Å². The number of nitrogens with zero attached hydrogens (tertiary/aromatic N) is 4. The molecule has 0 unspecified atom stereocenters. The number of hydrogen-bond donors (Lipinski definition) is 0. The Morgan fingerprint density at radius 3 is 2.42 bits per heavy atom. The summed E-state index contributed by atoms with van der Waals surface area (Å²) in [6.45, 7) is -2.16. The molecule has 3 heterocycles. The van der Waals surface area contributed by atoms with Crippen LogP contribution in [0.2, 0.25) is 5.15 Å². The van der Waals surface area contributed by atoms with Crippen LogP contribution >= 0.6 is 11.6 Å². The maximum Gasteiger partial charge on any atom is 0.329 e. The molecule has 0 aliphatic carbocycles. The molecule has 9 heteroatoms. The molecule has 1 fully saturated rings. The highest BCUT2D eigenvalue weighted by Crippen LogP contribution is 2.43. The number of anilines is 1. The van der Waals surface area contributed by atoms with Gasteiger partial charge in [-0.1, -0.05) is 11.6 Å². The molecule has 102 valence electrons. The average Bonchev–Trinajstić information content (AvgIpc) is 2.80. The minimum absolute atomic E-state index is 0.0130. The Bertz CT molecular complexity index is 625. The largest absolute Gasteiger partial charge is 0.356 e. The van der Waals surface area contributed by atoms with Crippen LogP contribution in [0.4, 0.5) is 23.2 Å². The van der Waals surface area contributed by atoms with Crippen LogP contribution in [0.5, 0.6) is 0 Å². The first-order valence-electron chi connectivity index (χ1n) is 5.31. The molecule has 1 aliphatic heterocycles. The third kappa shape index (κ3) is 1.81. The number of fused-ring (bicyclic) bond motifs is 1. The number of hydrogen-bond acceptors (Lipinski definition) is 3. The standard InChI is InChI=1S/C10H7ClF4N4/c11-7-3-6(8-16-1-2-19(8)17-7)18-4-9(12,13)10(14,15)5-18/h1-3H,4-5H2. The summed E-state index contributed by atoms with van der Waals surface area (Å²) in [4.78, 5) is 4.78. The second kappa shape index (κ2) is 3.72. The van der Waals surface area contributed by atoms with E-state index in [0.29, 0.717) is 0 Å². The van der Waals surface area contributed by atoms with E-state index in [0.717, 1.165) is 4.90 Å². The Kier molecular flexibility index (Phi) is 2.44. The highest BCUT2D eigenvalue weighted by molar-refractivity contribution is 6.29. The Morgan fingerprint density at radius 2 is 1.79 bits per heavy atom. The van der Waals surface area contributed by atoms with E-state index in [1.54, 1.807) is 0 Å². The van der Waals surface area contributed by atoms with Crippen LogP contribution in [0.15, 0.2) is 18.5 Å². The van der Waals surface area contributed by atoms with Gasteiger partial charge in [0.15, 0.2) is 10.8 Å². The van der Waals surface area contributed by atoms with Gasteiger partial charge in [-0.2, -0.15) is 22.7 Å². The molecule has 3 rings (SSSR count). The van der Waals surface area contributed by atoms with E-state index in [1.807, 2.05) is 0 Å². The summed E-state index contributed by atoms with van der Waals surface area (Å²) in [5.41, 5.74) is 0.319. The predicted molar refractivity (Wildman–Crippen MR) is 60.1 cm³/mol. The molecule has 0 amide bonds. The SMILES string of the molecule is FC1(F)CN(c2cc(Cl)nn3ccnc23)CC1(F)F. The highest BCUT2D eigenvalue weighted by atomic mass is 35.5. The second-order valence-electron chi connectivity index (χ2n) is 4.31. The summed E-state index contributed by atoms with van der Waals surface area (Å²) in [6.07, 6.45) is 2.84. The Hall–Kier alpha value is -1.57. The van der Waals surface area contributed by atoms with Crippen molar-refractivity contribution in [3.05, 3.63) is 23.6 Å². The zero-order valence-corrected chi connectivity index (χ0v) is 10.1. The third-order valence-electron chi connectivity index (χ3n) is 2.96. The molecule has 1 saturated heterocycles. The van der Waals surface area contributed by atoms with E-state index in [9.17, 15) is 17.6 Å². The molecule has 0 N–H and O–H groups in total. The fourth-order valence-corrected chi connectivity index (χ4v) is 2.22. The van der Waals surface area contributed by atoms with Crippen molar-refractivity contribution >= 4 is 22.9 Å². The summed E-state index contributed by atoms with van der Waals surface area (Å²) in [6, 6.07) is 1.25. The zero-order chi connectivity index (χ0) is 13.8. The Labute approximate surface area is 109 Å². The van der Waals surface area contributed by atoms with E-state index >= 15 is 0 Å². The van der Waals surface area contributed by atoms with Crippen molar-refractivity contribution in [2.45, 2.75) is 11.8 Å². The number of rotatable bonds is 1. The smallest absolute Gasteiger partial charge is 0.329 e. The molecule has 2 aromatic heterocycles. The lowest BCUT2D eigenvalue weighted by atomic mass is 10.2. The number of alkyl halides is 4. The number of imidazole rings is 1. The lowest BCUT2D eigenvalue weighted by Gasteiger charge is -2.17. The van der Waals surface area contributed by atoms with Gasteiger partial charge in [0.2, 0.25) is 0 Å². The van der Waals surface area contributed by atoms with E-state index in [2.05, 4.69) is 10.1 Å². The van der Waals surface area contributed by atoms with Gasteiger partial charge in [0, 0.05) is 18.5 Å². The third-order valence-corrected chi connectivity index (χ3v) is 3.15. The predicted octanol–water partition coefficient (Wildman–Crippen LogP) is 2.47. The Balaban J connectivity index is 2.09. The lowest BCUT2D eigenvalue weighted by molar-refractivity contribution is -0.172. The minimum atomic E-state index is -4.08. The number of aromatic nitrogens is 3. The summed E-state index contributed by atoms with van der Waals surface area (Å²) >= 11 is 5.74. The molecule has 4 nitrogen and oxygen atoms in total. The van der Waals surface area contributed by atoms with Gasteiger partial charge >= 0.3 is 11.8 Å². The van der Waals surface area contributed by atoms with Gasteiger partial charge in [-0.05, 0) is 0 Å². The lowest BCUT2D eigenvalue weighted by Crippen LogP contribution is -2.38. The highest BCUT2D eigenvalue weighted by Gasteiger charge is 2.63. The Morgan fingerprint density at radius 1 is 1.16 bits per heavy atom. The van der Waals surface area contributed by atoms with Crippen LogP contribution in [-0.2, 0) is 0 Å². The first-order chi connectivity index (χ1) is 8.80. The van der Waals surface area contributed by atoms with E-state index in [1.165, 1.54) is 23.0 Å². The van der Waals surface area contributed by atoms with E-state index < -0.39 is 24.9 Å². The van der Waals surface area contributed by atoms with Gasteiger partial charge in [-0.25, -0.2) is 9.50 Å². The summed E-state index contributed by atoms with van der Waals surface area (Å²) < 4.78 is 54.1. The average molecular weight is 295 g/mol. The normalized spacial score (nSPS) is 21.2. The van der Waals surface area contributed by atoms with E-state index in [4.69, 9.17) is 11.6 Å². The molecular weight excluding hydrogens is 288 g/mol. The van der Waals surface area contributed by atoms with Gasteiger partial charge in [0.1, 0.15) is 0 Å². The molecule has 0 aromatic carbocycles. The fourth-order valence-electron chi connectivity index (χ4n) is 2.04. The molecule has 1 aliphatic rings. The maximum absolute atomic E-state index is 13.2. The molecule has 0 bridgehead atoms. The topological polar surface area (TPSA) is 33.4 Å². The first-order valence-corrected chi connectivity index (χ1v) is 5.68. The second-order valence-corrected chi connectivity index (χ2v) is 4.70. The van der Waals surface area contributed by atoms with Crippen LogP contribution in [0.25, 0.3) is 5.65 Å². The molecule has 0 atom stereocenters. The fraction of sp³-hybridized carbons (Fsp3) is 0.400. The maximum atomic E-state index is 13.2. The molecular formula is C10H7ClF4N4. The van der Waals surface area contributed by atoms with E-state index in [-0.39, 0.29) is 16.5 Å². The quantitative estimate of drug-likeness (QED) is 0.758. The van der Waals surface area contributed by atoms with Gasteiger partial charge in [0.05, 0.1) is 18.8 Å². The summed E-state index contributed by atoms with van der Waals surface area (Å²) in [7, 11) is 0. The molecule has 0 saturated carbocycles. The van der Waals surface area contributed by atoms with Crippen molar-refractivity contribution in [3.63, 3.8) is 0 Å². The van der Waals surface area contributed by atoms with Crippen molar-refractivity contribution in [1.29, 1.82) is 0 Å². The molecule has 0 radical (unpaired) electrons. The summed E-state index contributed by atoms with van der Waals surface area (Å²) in [5.74, 6) is -8.15. The number of halogens is 5. The van der Waals surface area contributed by atoms with Crippen molar-refractivity contribution in [3.8, 4) is 0 Å².